The molecule has 1 saturated heterocycles. The van der Waals surface area contributed by atoms with Gasteiger partial charge in [-0.25, -0.2) is 5.48 Å². The SMILES string of the molecule is COc1ccc(C2(C#N)CCN(CC(=O)NO)CC2)cc1OC(C)C.Cl. The van der Waals surface area contributed by atoms with Crippen molar-refractivity contribution in [1.82, 2.24) is 10.4 Å². The third kappa shape index (κ3) is 5.01. The van der Waals surface area contributed by atoms with Gasteiger partial charge >= 0.3 is 0 Å². The van der Waals surface area contributed by atoms with Gasteiger partial charge < -0.3 is 9.47 Å². The van der Waals surface area contributed by atoms with E-state index in [0.717, 1.165) is 5.56 Å². The number of hydroxylamine groups is 1. The van der Waals surface area contributed by atoms with Gasteiger partial charge in [-0.05, 0) is 44.4 Å². The largest absolute Gasteiger partial charge is 0.493 e. The summed E-state index contributed by atoms with van der Waals surface area (Å²) in [5.41, 5.74) is 1.92. The molecule has 1 aliphatic rings. The van der Waals surface area contributed by atoms with Crippen LogP contribution in [0.3, 0.4) is 0 Å². The molecule has 2 N–H and O–H groups in total. The maximum atomic E-state index is 11.3. The van der Waals surface area contributed by atoms with Crippen LogP contribution in [0.2, 0.25) is 0 Å². The average molecular weight is 384 g/mol. The highest BCUT2D eigenvalue weighted by molar-refractivity contribution is 5.85. The first kappa shape index (κ1) is 22.0. The summed E-state index contributed by atoms with van der Waals surface area (Å²) in [6.07, 6.45) is 1.21. The number of hydrogen-bond donors (Lipinski definition) is 2. The molecule has 0 atom stereocenters. The van der Waals surface area contributed by atoms with Crippen molar-refractivity contribution in [2.45, 2.75) is 38.2 Å². The van der Waals surface area contributed by atoms with Gasteiger partial charge in [-0.3, -0.25) is 14.9 Å². The zero-order valence-electron chi connectivity index (χ0n) is 15.3. The Balaban J connectivity index is 0.00000338. The molecule has 1 fully saturated rings. The molecular formula is C18H26ClN3O4. The summed E-state index contributed by atoms with van der Waals surface area (Å²) >= 11 is 0. The van der Waals surface area contributed by atoms with E-state index in [2.05, 4.69) is 6.07 Å². The van der Waals surface area contributed by atoms with E-state index in [-0.39, 0.29) is 25.1 Å². The molecule has 0 unspecified atom stereocenters. The third-order valence-electron chi connectivity index (χ3n) is 4.49. The molecule has 1 aromatic carbocycles. The lowest BCUT2D eigenvalue weighted by molar-refractivity contribution is -0.130. The first-order valence-corrected chi connectivity index (χ1v) is 8.36. The van der Waals surface area contributed by atoms with Crippen molar-refractivity contribution in [2.75, 3.05) is 26.7 Å². The van der Waals surface area contributed by atoms with Gasteiger partial charge in [-0.15, -0.1) is 12.4 Å². The van der Waals surface area contributed by atoms with Crippen molar-refractivity contribution in [3.8, 4) is 17.6 Å². The zero-order chi connectivity index (χ0) is 18.4. The predicted molar refractivity (Wildman–Crippen MR) is 98.9 cm³/mol. The highest BCUT2D eigenvalue weighted by Crippen LogP contribution is 2.39. The molecule has 144 valence electrons. The average Bonchev–Trinajstić information content (AvgIpc) is 2.62. The molecule has 1 heterocycles. The van der Waals surface area contributed by atoms with Crippen LogP contribution in [0, 0.1) is 11.3 Å². The zero-order valence-corrected chi connectivity index (χ0v) is 16.1. The number of rotatable bonds is 6. The number of piperidine rings is 1. The van der Waals surface area contributed by atoms with Gasteiger partial charge in [0.05, 0.1) is 31.2 Å². The number of ether oxygens (including phenoxy) is 2. The molecule has 26 heavy (non-hydrogen) atoms. The molecule has 1 aliphatic heterocycles. The smallest absolute Gasteiger partial charge is 0.257 e. The molecule has 0 aliphatic carbocycles. The Morgan fingerprint density at radius 3 is 2.54 bits per heavy atom. The third-order valence-corrected chi connectivity index (χ3v) is 4.49. The molecule has 8 heteroatoms. The number of nitrogens with zero attached hydrogens (tertiary/aromatic N) is 2. The van der Waals surface area contributed by atoms with Crippen molar-refractivity contribution in [1.29, 1.82) is 5.26 Å². The van der Waals surface area contributed by atoms with Gasteiger partial charge in [-0.1, -0.05) is 6.07 Å². The number of hydrogen-bond acceptors (Lipinski definition) is 6. The highest BCUT2D eigenvalue weighted by Gasteiger charge is 2.37. The molecule has 1 amide bonds. The predicted octanol–water partition coefficient (Wildman–Crippen LogP) is 2.27. The van der Waals surface area contributed by atoms with Gasteiger partial charge in [0.1, 0.15) is 0 Å². The van der Waals surface area contributed by atoms with Gasteiger partial charge in [-0.2, -0.15) is 5.26 Å². The Bertz CT molecular complexity index is 652. The summed E-state index contributed by atoms with van der Waals surface area (Å²) in [4.78, 5) is 13.2. The van der Waals surface area contributed by atoms with Crippen molar-refractivity contribution in [3.63, 3.8) is 0 Å². The fourth-order valence-corrected chi connectivity index (χ4v) is 3.12. The fourth-order valence-electron chi connectivity index (χ4n) is 3.12. The Labute approximate surface area is 160 Å². The minimum atomic E-state index is -0.618. The second kappa shape index (κ2) is 9.62. The van der Waals surface area contributed by atoms with E-state index in [1.165, 1.54) is 0 Å². The molecule has 0 bridgehead atoms. The lowest BCUT2D eigenvalue weighted by Crippen LogP contribution is -2.45. The van der Waals surface area contributed by atoms with E-state index < -0.39 is 11.3 Å². The van der Waals surface area contributed by atoms with E-state index in [0.29, 0.717) is 37.4 Å². The lowest BCUT2D eigenvalue weighted by Gasteiger charge is -2.37. The monoisotopic (exact) mass is 383 g/mol. The minimum Gasteiger partial charge on any atom is -0.493 e. The van der Waals surface area contributed by atoms with Gasteiger partial charge in [0, 0.05) is 13.1 Å². The standard InChI is InChI=1S/C18H25N3O4.ClH/c1-13(2)25-16-10-14(4-5-15(16)24-3)18(12-19)6-8-21(9-7-18)11-17(22)20-23;/h4-5,10,13,23H,6-9,11H2,1-3H3,(H,20,22);1H. The highest BCUT2D eigenvalue weighted by atomic mass is 35.5. The number of methoxy groups -OCH3 is 1. The summed E-state index contributed by atoms with van der Waals surface area (Å²) in [6.45, 7) is 5.22. The second-order valence-electron chi connectivity index (χ2n) is 6.54. The Kier molecular flexibility index (Phi) is 8.15. The Hall–Kier alpha value is -2.01. The van der Waals surface area contributed by atoms with Crippen molar-refractivity contribution in [3.05, 3.63) is 23.8 Å². The number of carbonyl (C=O) groups is 1. The Morgan fingerprint density at radius 1 is 1.38 bits per heavy atom. The maximum Gasteiger partial charge on any atom is 0.257 e. The first-order valence-electron chi connectivity index (χ1n) is 8.36. The quantitative estimate of drug-likeness (QED) is 0.578. The van der Waals surface area contributed by atoms with Crippen LogP contribution in [0.4, 0.5) is 0 Å². The number of nitrogens with one attached hydrogen (secondary N) is 1. The van der Waals surface area contributed by atoms with Crippen LogP contribution in [0.5, 0.6) is 11.5 Å². The van der Waals surface area contributed by atoms with Gasteiger partial charge in [0.25, 0.3) is 5.91 Å². The van der Waals surface area contributed by atoms with Crippen LogP contribution in [0.15, 0.2) is 18.2 Å². The Morgan fingerprint density at radius 2 is 2.04 bits per heavy atom. The minimum absolute atomic E-state index is 0. The molecule has 0 spiro atoms. The summed E-state index contributed by atoms with van der Waals surface area (Å²) in [7, 11) is 1.59. The van der Waals surface area contributed by atoms with Gasteiger partial charge in [0.2, 0.25) is 0 Å². The number of likely N-dealkylation sites (tertiary alicyclic amines) is 1. The van der Waals surface area contributed by atoms with Crippen LogP contribution >= 0.6 is 12.4 Å². The lowest BCUT2D eigenvalue weighted by atomic mass is 9.74. The molecule has 2 rings (SSSR count). The van der Waals surface area contributed by atoms with E-state index >= 15 is 0 Å². The maximum absolute atomic E-state index is 11.3. The summed E-state index contributed by atoms with van der Waals surface area (Å²) < 4.78 is 11.2. The van der Waals surface area contributed by atoms with Crippen molar-refractivity contribution < 1.29 is 19.5 Å². The van der Waals surface area contributed by atoms with Crippen molar-refractivity contribution in [2.24, 2.45) is 0 Å². The summed E-state index contributed by atoms with van der Waals surface area (Å²) in [5, 5.41) is 18.5. The fraction of sp³-hybridized carbons (Fsp3) is 0.556. The molecule has 1 aromatic rings. The van der Waals surface area contributed by atoms with Crippen LogP contribution in [0.1, 0.15) is 32.3 Å². The molecular weight excluding hydrogens is 358 g/mol. The number of amides is 1. The first-order chi connectivity index (χ1) is 11.9. The van der Waals surface area contributed by atoms with Crippen LogP contribution in [-0.4, -0.2) is 48.9 Å². The normalized spacial score (nSPS) is 16.3. The summed E-state index contributed by atoms with van der Waals surface area (Å²) in [6, 6.07) is 8.09. The second-order valence-corrected chi connectivity index (χ2v) is 6.54. The number of nitriles is 1. The number of halogens is 1. The topological polar surface area (TPSA) is 94.8 Å². The number of benzene rings is 1. The van der Waals surface area contributed by atoms with Gasteiger partial charge in [0.15, 0.2) is 11.5 Å². The molecule has 7 nitrogen and oxygen atoms in total. The molecule has 0 aromatic heterocycles. The summed E-state index contributed by atoms with van der Waals surface area (Å²) in [5.74, 6) is 0.829. The van der Waals surface area contributed by atoms with E-state index in [1.807, 2.05) is 36.9 Å². The van der Waals surface area contributed by atoms with E-state index in [1.54, 1.807) is 12.6 Å². The van der Waals surface area contributed by atoms with E-state index in [9.17, 15) is 10.1 Å². The van der Waals surface area contributed by atoms with Crippen LogP contribution in [0.25, 0.3) is 0 Å². The van der Waals surface area contributed by atoms with E-state index in [4.69, 9.17) is 14.7 Å². The number of carbonyl (C=O) groups excluding carboxylic acids is 1. The van der Waals surface area contributed by atoms with Crippen molar-refractivity contribution >= 4 is 18.3 Å². The van der Waals surface area contributed by atoms with Crippen LogP contribution in [-0.2, 0) is 10.2 Å². The molecule has 0 saturated carbocycles. The molecule has 0 radical (unpaired) electrons. The van der Waals surface area contributed by atoms with Crippen LogP contribution < -0.4 is 15.0 Å².